The number of carbonyl (C=O) groups excluding carboxylic acids is 2. The van der Waals surface area contributed by atoms with E-state index in [4.69, 9.17) is 28.4 Å². The van der Waals surface area contributed by atoms with Crippen LogP contribution in [0.15, 0.2) is 205 Å². The number of hydrogen-bond donors (Lipinski definition) is 3. The van der Waals surface area contributed by atoms with Crippen LogP contribution < -0.4 is 43.8 Å². The SMILES string of the molecule is O=C(Nc1ccc(S(=O)(=O)NC(=O)[C@@H]2CCCN2)cc1)c1cc(OCc2cc(OCc3ccccc3)cc(OCc3ccccc3)c2)cc(OCc2cc(OCc3ccccc3)cc(OCc3ccccc3)c2)c1. The van der Waals surface area contributed by atoms with Gasteiger partial charge in [0.05, 0.1) is 10.9 Å². The van der Waals surface area contributed by atoms with Gasteiger partial charge in [-0.2, -0.15) is 0 Å². The van der Waals surface area contributed by atoms with E-state index in [0.717, 1.165) is 39.8 Å². The molecule has 0 bridgehead atoms. The number of ether oxygens (including phenoxy) is 6. The molecule has 9 rings (SSSR count). The first kappa shape index (κ1) is 50.4. The lowest BCUT2D eigenvalue weighted by Crippen LogP contribution is -2.43. The minimum Gasteiger partial charge on any atom is -0.489 e. The van der Waals surface area contributed by atoms with Crippen LogP contribution in [0.3, 0.4) is 0 Å². The Morgan fingerprint density at radius 2 is 0.797 bits per heavy atom. The van der Waals surface area contributed by atoms with Crippen molar-refractivity contribution < 1.29 is 46.4 Å². The van der Waals surface area contributed by atoms with Crippen LogP contribution in [0.5, 0.6) is 34.5 Å². The zero-order chi connectivity index (χ0) is 51.0. The van der Waals surface area contributed by atoms with Gasteiger partial charge in [0, 0.05) is 29.4 Å². The first-order valence-electron chi connectivity index (χ1n) is 24.2. The molecule has 0 saturated carbocycles. The highest BCUT2D eigenvalue weighted by Crippen LogP contribution is 2.31. The first-order valence-corrected chi connectivity index (χ1v) is 25.7. The highest BCUT2D eigenvalue weighted by atomic mass is 32.2. The summed E-state index contributed by atoms with van der Waals surface area (Å²) in [4.78, 5) is 26.6. The molecule has 13 nitrogen and oxygen atoms in total. The molecule has 0 aromatic heterocycles. The maximum Gasteiger partial charge on any atom is 0.264 e. The summed E-state index contributed by atoms with van der Waals surface area (Å²) in [5.74, 6) is 1.88. The molecule has 1 saturated heterocycles. The van der Waals surface area contributed by atoms with Crippen LogP contribution in [0.1, 0.15) is 56.6 Å². The summed E-state index contributed by atoms with van der Waals surface area (Å²) >= 11 is 0. The van der Waals surface area contributed by atoms with Crippen LogP contribution in [-0.4, -0.2) is 32.8 Å². The zero-order valence-electron chi connectivity index (χ0n) is 40.5. The molecule has 0 aliphatic carbocycles. The van der Waals surface area contributed by atoms with E-state index in [9.17, 15) is 18.0 Å². The average Bonchev–Trinajstić information content (AvgIpc) is 3.99. The number of nitrogens with one attached hydrogen (secondary N) is 3. The zero-order valence-corrected chi connectivity index (χ0v) is 41.3. The molecular formula is C60H55N3O10S. The molecule has 14 heteroatoms. The molecule has 0 radical (unpaired) electrons. The van der Waals surface area contributed by atoms with Gasteiger partial charge in [0.15, 0.2) is 0 Å². The second-order valence-corrected chi connectivity index (χ2v) is 19.3. The van der Waals surface area contributed by atoms with Gasteiger partial charge in [0.1, 0.15) is 74.1 Å². The summed E-state index contributed by atoms with van der Waals surface area (Å²) in [6.07, 6.45) is 1.33. The highest BCUT2D eigenvalue weighted by molar-refractivity contribution is 7.90. The van der Waals surface area contributed by atoms with E-state index >= 15 is 0 Å². The summed E-state index contributed by atoms with van der Waals surface area (Å²) in [5.41, 5.74) is 6.04. The summed E-state index contributed by atoms with van der Waals surface area (Å²) in [5, 5.41) is 5.86. The summed E-state index contributed by atoms with van der Waals surface area (Å²) in [6, 6.07) is 60.6. The van der Waals surface area contributed by atoms with Gasteiger partial charge in [-0.15, -0.1) is 0 Å². The van der Waals surface area contributed by atoms with Gasteiger partial charge >= 0.3 is 0 Å². The molecule has 8 aromatic rings. The van der Waals surface area contributed by atoms with Crippen LogP contribution in [0.25, 0.3) is 0 Å². The van der Waals surface area contributed by atoms with Crippen LogP contribution in [0.2, 0.25) is 0 Å². The Balaban J connectivity index is 0.962. The Bertz CT molecular complexity index is 2950. The maximum absolute atomic E-state index is 14.1. The van der Waals surface area contributed by atoms with Crippen molar-refractivity contribution >= 4 is 27.5 Å². The molecule has 0 spiro atoms. The van der Waals surface area contributed by atoms with Gasteiger partial charge in [-0.3, -0.25) is 9.59 Å². The number of amides is 2. The second kappa shape index (κ2) is 24.7. The van der Waals surface area contributed by atoms with Gasteiger partial charge in [-0.1, -0.05) is 121 Å². The van der Waals surface area contributed by atoms with Crippen LogP contribution in [0, 0.1) is 0 Å². The standard InChI is InChI=1S/C60H55N3O10S/c64-59(62-50-23-25-57(26-24-50)74(66,67)63-60(65)58-22-13-27-61-58)49-32-55(72-41-47-28-51(68-37-43-14-5-1-6-15-43)34-52(29-47)69-38-44-16-7-2-8-17-44)36-56(33-49)73-42-48-30-53(70-39-45-18-9-3-10-19-45)35-54(31-48)71-40-46-20-11-4-12-21-46/h1-12,14-21,23-26,28-36,58,61H,13,22,27,37-42H2,(H,62,64)(H,63,65)/t58-/m0/s1. The Morgan fingerprint density at radius 1 is 0.446 bits per heavy atom. The van der Waals surface area contributed by atoms with E-state index in [-0.39, 0.29) is 23.7 Å². The van der Waals surface area contributed by atoms with Crippen molar-refractivity contribution in [1.82, 2.24) is 10.0 Å². The molecular weight excluding hydrogens is 955 g/mol. The summed E-state index contributed by atoms with van der Waals surface area (Å²) in [7, 11) is -4.16. The largest absolute Gasteiger partial charge is 0.489 e. The molecule has 0 unspecified atom stereocenters. The summed E-state index contributed by atoms with van der Waals surface area (Å²) < 4.78 is 66.3. The lowest BCUT2D eigenvalue weighted by molar-refractivity contribution is -0.121. The molecule has 1 aliphatic heterocycles. The fourth-order valence-electron chi connectivity index (χ4n) is 8.02. The normalized spacial score (nSPS) is 13.1. The van der Waals surface area contributed by atoms with E-state index in [1.54, 1.807) is 18.2 Å². The maximum atomic E-state index is 14.1. The number of rotatable bonds is 23. The van der Waals surface area contributed by atoms with Crippen LogP contribution in [0.4, 0.5) is 5.69 Å². The fraction of sp³-hybridized carbons (Fsp3) is 0.167. The van der Waals surface area contributed by atoms with Gasteiger partial charge in [0.25, 0.3) is 21.8 Å². The Morgan fingerprint density at radius 3 is 1.15 bits per heavy atom. The predicted molar refractivity (Wildman–Crippen MR) is 282 cm³/mol. The molecule has 1 heterocycles. The van der Waals surface area contributed by atoms with Gasteiger partial charge in [0.2, 0.25) is 0 Å². The van der Waals surface area contributed by atoms with E-state index in [1.807, 2.05) is 158 Å². The number of sulfonamides is 1. The quantitative estimate of drug-likeness (QED) is 0.0560. The van der Waals surface area contributed by atoms with Gasteiger partial charge < -0.3 is 39.1 Å². The monoisotopic (exact) mass is 1010 g/mol. The third kappa shape index (κ3) is 14.7. The van der Waals surface area contributed by atoms with E-state index in [0.29, 0.717) is 79.6 Å². The Labute approximate surface area is 431 Å². The molecule has 1 atom stereocenters. The van der Waals surface area contributed by atoms with Crippen molar-refractivity contribution in [2.24, 2.45) is 0 Å². The first-order chi connectivity index (χ1) is 36.2. The van der Waals surface area contributed by atoms with Crippen LogP contribution >= 0.6 is 0 Å². The summed E-state index contributed by atoms with van der Waals surface area (Å²) in [6.45, 7) is 2.16. The Kier molecular flexibility index (Phi) is 16.8. The van der Waals surface area contributed by atoms with E-state index < -0.39 is 27.9 Å². The van der Waals surface area contributed by atoms with Crippen molar-refractivity contribution in [2.75, 3.05) is 11.9 Å². The Hall–Kier alpha value is -8.59. The lowest BCUT2D eigenvalue weighted by atomic mass is 10.1. The molecule has 1 aliphatic rings. The average molecular weight is 1010 g/mol. The van der Waals surface area contributed by atoms with Gasteiger partial charge in [-0.25, -0.2) is 13.1 Å². The molecule has 74 heavy (non-hydrogen) atoms. The van der Waals surface area contributed by atoms with E-state index in [2.05, 4.69) is 15.4 Å². The van der Waals surface area contributed by atoms with Crippen LogP contribution in [-0.2, 0) is 54.5 Å². The number of benzene rings is 8. The van der Waals surface area contributed by atoms with Crippen molar-refractivity contribution in [3.8, 4) is 34.5 Å². The molecule has 1 fully saturated rings. The minimum atomic E-state index is -4.16. The predicted octanol–water partition coefficient (Wildman–Crippen LogP) is 11.0. The third-order valence-electron chi connectivity index (χ3n) is 11.9. The smallest absolute Gasteiger partial charge is 0.264 e. The highest BCUT2D eigenvalue weighted by Gasteiger charge is 2.27. The van der Waals surface area contributed by atoms with E-state index in [1.165, 1.54) is 24.3 Å². The minimum absolute atomic E-state index is 0.0704. The van der Waals surface area contributed by atoms with Crippen molar-refractivity contribution in [3.63, 3.8) is 0 Å². The van der Waals surface area contributed by atoms with Crippen molar-refractivity contribution in [1.29, 1.82) is 0 Å². The molecule has 2 amide bonds. The second-order valence-electron chi connectivity index (χ2n) is 17.6. The molecule has 8 aromatic carbocycles. The van der Waals surface area contributed by atoms with Crippen molar-refractivity contribution in [2.45, 2.75) is 63.4 Å². The number of anilines is 1. The molecule has 376 valence electrons. The van der Waals surface area contributed by atoms with Gasteiger partial charge in [-0.05, 0) is 113 Å². The lowest BCUT2D eigenvalue weighted by Gasteiger charge is -2.16. The third-order valence-corrected chi connectivity index (χ3v) is 13.2. The van der Waals surface area contributed by atoms with Crippen molar-refractivity contribution in [3.05, 3.63) is 239 Å². The number of carbonyl (C=O) groups is 2. The topological polar surface area (TPSA) is 160 Å². The number of hydrogen-bond acceptors (Lipinski definition) is 11. The fourth-order valence-corrected chi connectivity index (χ4v) is 9.04. The molecule has 3 N–H and O–H groups in total.